The average molecular weight is 503 g/mol. The quantitative estimate of drug-likeness (QED) is 0.370. The molecule has 2 aromatic rings. The molecule has 0 amide bonds. The Hall–Kier alpha value is -2.82. The van der Waals surface area contributed by atoms with Gasteiger partial charge in [0, 0.05) is 5.92 Å². The average Bonchev–Trinajstić information content (AvgIpc) is 3.34. The van der Waals surface area contributed by atoms with Crippen LogP contribution >= 0.6 is 0 Å². The second kappa shape index (κ2) is 12.1. The summed E-state index contributed by atoms with van der Waals surface area (Å²) in [6.07, 6.45) is 12.2. The van der Waals surface area contributed by atoms with Gasteiger partial charge in [-0.05, 0) is 100 Å². The van der Waals surface area contributed by atoms with E-state index in [0.717, 1.165) is 42.8 Å². The van der Waals surface area contributed by atoms with E-state index in [1.807, 2.05) is 13.0 Å². The van der Waals surface area contributed by atoms with Crippen LogP contribution in [0.5, 0.6) is 11.5 Å². The van der Waals surface area contributed by atoms with E-state index in [1.165, 1.54) is 16.7 Å². The summed E-state index contributed by atoms with van der Waals surface area (Å²) in [5, 5.41) is 9.29. The summed E-state index contributed by atoms with van der Waals surface area (Å²) in [5.41, 5.74) is 4.89. The Morgan fingerprint density at radius 1 is 1.03 bits per heavy atom. The highest BCUT2D eigenvalue weighted by Gasteiger charge is 2.32. The summed E-state index contributed by atoms with van der Waals surface area (Å²) in [6.45, 7) is 13.3. The molecule has 1 fully saturated rings. The van der Waals surface area contributed by atoms with E-state index in [0.29, 0.717) is 12.5 Å². The van der Waals surface area contributed by atoms with Crippen LogP contribution in [-0.2, 0) is 11.2 Å². The number of hydrogen-bond acceptors (Lipinski definition) is 4. The van der Waals surface area contributed by atoms with Crippen molar-refractivity contribution in [1.82, 2.24) is 0 Å². The maximum Gasteiger partial charge on any atom is 0.120 e. The van der Waals surface area contributed by atoms with Crippen molar-refractivity contribution < 1.29 is 19.3 Å². The summed E-state index contributed by atoms with van der Waals surface area (Å²) >= 11 is 0. The molecule has 0 bridgehead atoms. The lowest BCUT2D eigenvalue weighted by molar-refractivity contribution is -0.00722. The minimum atomic E-state index is -0.227. The maximum atomic E-state index is 9.29. The third kappa shape index (κ3) is 7.15. The number of aryl methyl sites for hydroxylation is 1. The van der Waals surface area contributed by atoms with Gasteiger partial charge in [-0.3, -0.25) is 0 Å². The third-order valence-corrected chi connectivity index (χ3v) is 7.16. The van der Waals surface area contributed by atoms with Gasteiger partial charge in [-0.15, -0.1) is 0 Å². The Kier molecular flexibility index (Phi) is 8.94. The second-order valence-corrected chi connectivity index (χ2v) is 11.2. The fourth-order valence-corrected chi connectivity index (χ4v) is 5.44. The highest BCUT2D eigenvalue weighted by Crippen LogP contribution is 2.45. The van der Waals surface area contributed by atoms with Crippen molar-refractivity contribution in [3.05, 3.63) is 95.6 Å². The number of ether oxygens (including phenoxy) is 3. The SMILES string of the molecule is C=C(/C=C\C=C/C)[C@H]1CCc2cc(OC(C)(C)C)ccc2[C@H]1c1ccc(OCC2CC[C@@H](CO)O2)cc1. The van der Waals surface area contributed by atoms with Gasteiger partial charge >= 0.3 is 0 Å². The zero-order valence-electron chi connectivity index (χ0n) is 22.8. The summed E-state index contributed by atoms with van der Waals surface area (Å²) in [5.74, 6) is 2.30. The molecule has 1 aliphatic heterocycles. The van der Waals surface area contributed by atoms with Crippen LogP contribution in [0.25, 0.3) is 0 Å². The predicted octanol–water partition coefficient (Wildman–Crippen LogP) is 7.17. The number of fused-ring (bicyclic) bond motifs is 1. The molecule has 4 rings (SSSR count). The molecular weight excluding hydrogens is 460 g/mol. The van der Waals surface area contributed by atoms with Crippen LogP contribution in [0, 0.1) is 5.92 Å². The molecule has 1 N–H and O–H groups in total. The smallest absolute Gasteiger partial charge is 0.120 e. The Labute approximate surface area is 222 Å². The van der Waals surface area contributed by atoms with Crippen LogP contribution in [0.3, 0.4) is 0 Å². The van der Waals surface area contributed by atoms with Crippen LogP contribution in [0.1, 0.15) is 69.6 Å². The van der Waals surface area contributed by atoms with Gasteiger partial charge in [-0.25, -0.2) is 0 Å². The van der Waals surface area contributed by atoms with Gasteiger partial charge in [-0.2, -0.15) is 0 Å². The number of aliphatic hydroxyl groups excluding tert-OH is 1. The lowest BCUT2D eigenvalue weighted by Gasteiger charge is -2.35. The van der Waals surface area contributed by atoms with Crippen molar-refractivity contribution in [2.24, 2.45) is 5.92 Å². The first-order valence-corrected chi connectivity index (χ1v) is 13.6. The fraction of sp³-hybridized carbons (Fsp3) is 0.455. The van der Waals surface area contributed by atoms with Crippen molar-refractivity contribution in [3.8, 4) is 11.5 Å². The van der Waals surface area contributed by atoms with Gasteiger partial charge in [0.15, 0.2) is 0 Å². The molecule has 0 spiro atoms. The van der Waals surface area contributed by atoms with Gasteiger partial charge in [0.1, 0.15) is 23.7 Å². The molecule has 1 heterocycles. The largest absolute Gasteiger partial charge is 0.491 e. The Morgan fingerprint density at radius 3 is 2.43 bits per heavy atom. The molecule has 0 radical (unpaired) electrons. The van der Waals surface area contributed by atoms with Crippen LogP contribution in [0.2, 0.25) is 0 Å². The van der Waals surface area contributed by atoms with Crippen molar-refractivity contribution >= 4 is 0 Å². The number of aliphatic hydroxyl groups is 1. The summed E-state index contributed by atoms with van der Waals surface area (Å²) in [6, 6.07) is 15.1. The van der Waals surface area contributed by atoms with Gasteiger partial charge < -0.3 is 19.3 Å². The van der Waals surface area contributed by atoms with Gasteiger partial charge in [0.2, 0.25) is 0 Å². The van der Waals surface area contributed by atoms with E-state index >= 15 is 0 Å². The van der Waals surface area contributed by atoms with Crippen LogP contribution in [-0.4, -0.2) is 36.1 Å². The first kappa shape index (κ1) is 27.2. The van der Waals surface area contributed by atoms with Gasteiger partial charge in [0.25, 0.3) is 0 Å². The minimum absolute atomic E-state index is 0.0447. The second-order valence-electron chi connectivity index (χ2n) is 11.2. The highest BCUT2D eigenvalue weighted by atomic mass is 16.5. The van der Waals surface area contributed by atoms with Crippen LogP contribution in [0.15, 0.2) is 78.9 Å². The molecule has 198 valence electrons. The van der Waals surface area contributed by atoms with E-state index in [4.69, 9.17) is 14.2 Å². The molecule has 37 heavy (non-hydrogen) atoms. The van der Waals surface area contributed by atoms with E-state index in [1.54, 1.807) is 0 Å². The third-order valence-electron chi connectivity index (χ3n) is 7.16. The molecule has 4 atom stereocenters. The molecule has 1 unspecified atom stereocenters. The molecule has 1 aliphatic carbocycles. The molecule has 0 saturated carbocycles. The number of benzene rings is 2. The van der Waals surface area contributed by atoms with E-state index in [2.05, 4.69) is 88.0 Å². The minimum Gasteiger partial charge on any atom is -0.491 e. The van der Waals surface area contributed by atoms with E-state index in [9.17, 15) is 5.11 Å². The molecule has 4 heteroatoms. The molecule has 2 aromatic carbocycles. The number of rotatable bonds is 9. The van der Waals surface area contributed by atoms with Gasteiger partial charge in [-0.1, -0.05) is 54.7 Å². The van der Waals surface area contributed by atoms with E-state index < -0.39 is 0 Å². The predicted molar refractivity (Wildman–Crippen MR) is 150 cm³/mol. The van der Waals surface area contributed by atoms with Crippen molar-refractivity contribution in [2.75, 3.05) is 13.2 Å². The normalized spacial score (nSPS) is 23.9. The van der Waals surface area contributed by atoms with Crippen molar-refractivity contribution in [2.45, 2.75) is 77.1 Å². The lowest BCUT2D eigenvalue weighted by atomic mass is 9.69. The van der Waals surface area contributed by atoms with E-state index in [-0.39, 0.29) is 30.3 Å². The number of allylic oxidation sites excluding steroid dienone is 5. The number of hydrogen-bond donors (Lipinski definition) is 1. The Balaban J connectivity index is 1.57. The monoisotopic (exact) mass is 502 g/mol. The van der Waals surface area contributed by atoms with Crippen molar-refractivity contribution in [3.63, 3.8) is 0 Å². The zero-order valence-corrected chi connectivity index (χ0v) is 22.8. The zero-order chi connectivity index (χ0) is 26.4. The molecule has 1 saturated heterocycles. The van der Waals surface area contributed by atoms with Crippen LogP contribution < -0.4 is 9.47 Å². The summed E-state index contributed by atoms with van der Waals surface area (Å²) in [7, 11) is 0. The molecular formula is C33H42O4. The maximum absolute atomic E-state index is 9.29. The molecule has 2 aliphatic rings. The van der Waals surface area contributed by atoms with Gasteiger partial charge in [0.05, 0.1) is 18.8 Å². The lowest BCUT2D eigenvalue weighted by Crippen LogP contribution is -2.25. The first-order chi connectivity index (χ1) is 17.8. The Bertz CT molecular complexity index is 1110. The fourth-order valence-electron chi connectivity index (χ4n) is 5.44. The first-order valence-electron chi connectivity index (χ1n) is 13.6. The van der Waals surface area contributed by atoms with Crippen LogP contribution in [0.4, 0.5) is 0 Å². The van der Waals surface area contributed by atoms with Crippen molar-refractivity contribution in [1.29, 1.82) is 0 Å². The Morgan fingerprint density at radius 2 is 1.76 bits per heavy atom. The topological polar surface area (TPSA) is 47.9 Å². The highest BCUT2D eigenvalue weighted by molar-refractivity contribution is 5.48. The summed E-state index contributed by atoms with van der Waals surface area (Å²) in [4.78, 5) is 0. The summed E-state index contributed by atoms with van der Waals surface area (Å²) < 4.78 is 18.0. The molecule has 0 aromatic heterocycles. The molecule has 4 nitrogen and oxygen atoms in total. The standard InChI is InChI=1S/C33H42O4/c1-6-7-8-9-23(2)30-18-12-25-20-27(37-33(3,4)5)17-19-31(25)32(30)24-10-13-26(14-11-24)35-22-29-16-15-28(21-34)36-29/h6-11,13-14,17,19-20,28-30,32,34H,2,12,15-16,18,21-22H2,1,3-5H3/b7-6-,9-8-/t28-,29?,30+,32-/m0/s1.